The highest BCUT2D eigenvalue weighted by Gasteiger charge is 2.27. The van der Waals surface area contributed by atoms with Crippen LogP contribution in [0.15, 0.2) is 18.2 Å². The van der Waals surface area contributed by atoms with Crippen LogP contribution in [0, 0.1) is 0 Å². The van der Waals surface area contributed by atoms with E-state index in [2.05, 4.69) is 15.4 Å². The highest BCUT2D eigenvalue weighted by atomic mass is 19.4. The molecule has 1 aliphatic rings. The first-order valence-electron chi connectivity index (χ1n) is 5.84. The molecule has 2 rings (SSSR count). The Balaban J connectivity index is 1.89. The maximum atomic E-state index is 11.8. The van der Waals surface area contributed by atoms with Gasteiger partial charge in [-0.25, -0.2) is 0 Å². The van der Waals surface area contributed by atoms with Crippen LogP contribution < -0.4 is 15.4 Å². The lowest BCUT2D eigenvalue weighted by Gasteiger charge is -2.18. The van der Waals surface area contributed by atoms with E-state index in [9.17, 15) is 22.8 Å². The van der Waals surface area contributed by atoms with E-state index in [-0.39, 0.29) is 12.5 Å². The van der Waals surface area contributed by atoms with Gasteiger partial charge in [0.25, 0.3) is 5.91 Å². The second kappa shape index (κ2) is 6.00. The number of alkyl halides is 3. The lowest BCUT2D eigenvalue weighted by molar-refractivity contribution is -0.174. The van der Waals surface area contributed by atoms with Crippen LogP contribution in [0.4, 0.5) is 24.5 Å². The third-order valence-electron chi connectivity index (χ3n) is 2.40. The molecule has 2 amide bonds. The van der Waals surface area contributed by atoms with E-state index in [0.29, 0.717) is 17.1 Å². The molecule has 0 saturated carbocycles. The Bertz CT molecular complexity index is 560. The van der Waals surface area contributed by atoms with Crippen molar-refractivity contribution in [1.29, 1.82) is 0 Å². The number of amides is 2. The number of hydrogen-bond acceptors (Lipinski definition) is 4. The first kappa shape index (κ1) is 15.1. The number of carbonyl (C=O) groups is 2. The first-order chi connectivity index (χ1) is 9.83. The van der Waals surface area contributed by atoms with Crippen LogP contribution in [0.25, 0.3) is 0 Å². The first-order valence-corrected chi connectivity index (χ1v) is 5.84. The maximum absolute atomic E-state index is 11.8. The maximum Gasteiger partial charge on any atom is 0.411 e. The second-order valence-electron chi connectivity index (χ2n) is 4.20. The monoisotopic (exact) mass is 304 g/mol. The molecule has 0 saturated heterocycles. The lowest BCUT2D eigenvalue weighted by Crippen LogP contribution is -2.26. The topological polar surface area (TPSA) is 76.7 Å². The van der Waals surface area contributed by atoms with Crippen LogP contribution in [-0.4, -0.2) is 37.8 Å². The molecule has 0 spiro atoms. The van der Waals surface area contributed by atoms with E-state index in [1.807, 2.05) is 0 Å². The molecule has 0 bridgehead atoms. The van der Waals surface area contributed by atoms with Crippen LogP contribution in [0.2, 0.25) is 0 Å². The van der Waals surface area contributed by atoms with Gasteiger partial charge in [0, 0.05) is 5.69 Å². The number of rotatable bonds is 4. The zero-order valence-corrected chi connectivity index (χ0v) is 10.6. The Morgan fingerprint density at radius 1 is 1.43 bits per heavy atom. The Hall–Kier alpha value is -2.29. The number of benzene rings is 1. The molecule has 0 aliphatic carbocycles. The van der Waals surface area contributed by atoms with E-state index in [1.165, 1.54) is 18.2 Å². The highest BCUT2D eigenvalue weighted by molar-refractivity contribution is 5.97. The number of fused-ring (bicyclic) bond motifs is 1. The molecular formula is C12H11F3N2O4. The smallest absolute Gasteiger partial charge is 0.411 e. The quantitative estimate of drug-likeness (QED) is 0.884. The molecule has 1 aromatic rings. The molecule has 1 aromatic carbocycles. The molecule has 2 N–H and O–H groups in total. The summed E-state index contributed by atoms with van der Waals surface area (Å²) in [6, 6.07) is 4.47. The summed E-state index contributed by atoms with van der Waals surface area (Å²) in [7, 11) is 0. The predicted molar refractivity (Wildman–Crippen MR) is 66.1 cm³/mol. The van der Waals surface area contributed by atoms with Crippen molar-refractivity contribution in [1.82, 2.24) is 0 Å². The summed E-state index contributed by atoms with van der Waals surface area (Å²) >= 11 is 0. The van der Waals surface area contributed by atoms with Crippen LogP contribution in [0.1, 0.15) is 0 Å². The Kier molecular flexibility index (Phi) is 4.32. The molecule has 0 unspecified atom stereocenters. The summed E-state index contributed by atoms with van der Waals surface area (Å²) < 4.78 is 44.9. The van der Waals surface area contributed by atoms with Crippen LogP contribution >= 0.6 is 0 Å². The van der Waals surface area contributed by atoms with Gasteiger partial charge >= 0.3 is 6.18 Å². The van der Waals surface area contributed by atoms with Gasteiger partial charge < -0.3 is 20.1 Å². The Morgan fingerprint density at radius 3 is 2.90 bits per heavy atom. The van der Waals surface area contributed by atoms with Crippen LogP contribution in [0.3, 0.4) is 0 Å². The third-order valence-corrected chi connectivity index (χ3v) is 2.40. The number of nitrogens with one attached hydrogen (secondary N) is 2. The SMILES string of the molecule is O=C(COCC(F)(F)F)Nc1ccc2c(c1)NC(=O)CO2. The van der Waals surface area contributed by atoms with Crippen molar-refractivity contribution < 1.29 is 32.2 Å². The number of hydrogen-bond donors (Lipinski definition) is 2. The standard InChI is InChI=1S/C12H11F3N2O4/c13-12(14,15)6-20-4-10(18)16-7-1-2-9-8(3-7)17-11(19)5-21-9/h1-3H,4-6H2,(H,16,18)(H,17,19). The molecule has 0 aromatic heterocycles. The number of halogens is 3. The molecule has 0 radical (unpaired) electrons. The molecule has 6 nitrogen and oxygen atoms in total. The van der Waals surface area contributed by atoms with Crippen molar-refractivity contribution in [3.8, 4) is 5.75 Å². The van der Waals surface area contributed by atoms with Gasteiger partial charge in [-0.05, 0) is 18.2 Å². The van der Waals surface area contributed by atoms with Gasteiger partial charge in [0.05, 0.1) is 5.69 Å². The molecule has 114 valence electrons. The number of carbonyl (C=O) groups excluding carboxylic acids is 2. The normalized spacial score (nSPS) is 14.0. The van der Waals surface area contributed by atoms with Gasteiger partial charge in [-0.1, -0.05) is 0 Å². The minimum Gasteiger partial charge on any atom is -0.482 e. The average Bonchev–Trinajstić information content (AvgIpc) is 2.36. The number of ether oxygens (including phenoxy) is 2. The summed E-state index contributed by atoms with van der Waals surface area (Å²) in [4.78, 5) is 22.6. The van der Waals surface area contributed by atoms with Gasteiger partial charge in [-0.2, -0.15) is 13.2 Å². The fourth-order valence-electron chi connectivity index (χ4n) is 1.62. The average molecular weight is 304 g/mol. The van der Waals surface area contributed by atoms with Gasteiger partial charge in [-0.15, -0.1) is 0 Å². The Labute approximate surface area is 117 Å². The lowest BCUT2D eigenvalue weighted by atomic mass is 10.2. The van der Waals surface area contributed by atoms with E-state index in [4.69, 9.17) is 4.74 Å². The fraction of sp³-hybridized carbons (Fsp3) is 0.333. The van der Waals surface area contributed by atoms with Gasteiger partial charge in [0.1, 0.15) is 19.0 Å². The van der Waals surface area contributed by atoms with E-state index >= 15 is 0 Å². The predicted octanol–water partition coefficient (Wildman–Crippen LogP) is 1.53. The molecule has 0 fully saturated rings. The zero-order chi connectivity index (χ0) is 15.5. The summed E-state index contributed by atoms with van der Waals surface area (Å²) in [5.41, 5.74) is 0.681. The highest BCUT2D eigenvalue weighted by Crippen LogP contribution is 2.30. The molecule has 1 heterocycles. The Morgan fingerprint density at radius 2 is 2.19 bits per heavy atom. The molecule has 0 atom stereocenters. The summed E-state index contributed by atoms with van der Waals surface area (Å²) in [6.45, 7) is -2.31. The summed E-state index contributed by atoms with van der Waals surface area (Å²) in [5, 5.41) is 4.90. The van der Waals surface area contributed by atoms with Crippen molar-refractivity contribution >= 4 is 23.2 Å². The van der Waals surface area contributed by atoms with Crippen molar-refractivity contribution in [2.75, 3.05) is 30.5 Å². The second-order valence-corrected chi connectivity index (χ2v) is 4.20. The van der Waals surface area contributed by atoms with Crippen molar-refractivity contribution in [2.45, 2.75) is 6.18 Å². The summed E-state index contributed by atoms with van der Waals surface area (Å²) in [5.74, 6) is -0.623. The van der Waals surface area contributed by atoms with Crippen LogP contribution in [0.5, 0.6) is 5.75 Å². The van der Waals surface area contributed by atoms with E-state index < -0.39 is 25.3 Å². The molecule has 1 aliphatic heterocycles. The number of anilines is 2. The fourth-order valence-corrected chi connectivity index (χ4v) is 1.62. The minimum atomic E-state index is -4.48. The van der Waals surface area contributed by atoms with Crippen molar-refractivity contribution in [3.05, 3.63) is 18.2 Å². The molecule has 9 heteroatoms. The van der Waals surface area contributed by atoms with Gasteiger partial charge in [-0.3, -0.25) is 9.59 Å². The summed E-state index contributed by atoms with van der Waals surface area (Å²) in [6.07, 6.45) is -4.48. The van der Waals surface area contributed by atoms with Crippen molar-refractivity contribution in [3.63, 3.8) is 0 Å². The van der Waals surface area contributed by atoms with Crippen LogP contribution in [-0.2, 0) is 14.3 Å². The van der Waals surface area contributed by atoms with E-state index in [1.54, 1.807) is 0 Å². The third kappa shape index (κ3) is 4.63. The zero-order valence-electron chi connectivity index (χ0n) is 10.6. The largest absolute Gasteiger partial charge is 0.482 e. The van der Waals surface area contributed by atoms with Crippen molar-refractivity contribution in [2.24, 2.45) is 0 Å². The molecule has 21 heavy (non-hydrogen) atoms. The van der Waals surface area contributed by atoms with E-state index in [0.717, 1.165) is 0 Å². The minimum absolute atomic E-state index is 0.0933. The van der Waals surface area contributed by atoms with Gasteiger partial charge in [0.15, 0.2) is 6.61 Å². The molecular weight excluding hydrogens is 293 g/mol. The van der Waals surface area contributed by atoms with Gasteiger partial charge in [0.2, 0.25) is 5.91 Å².